The molecule has 1 rings (SSSR count). The van der Waals surface area contributed by atoms with Gasteiger partial charge in [0, 0.05) is 9.13 Å². The van der Waals surface area contributed by atoms with Crippen LogP contribution in [0, 0.1) is 9.49 Å². The van der Waals surface area contributed by atoms with E-state index in [0.29, 0.717) is 5.75 Å². The lowest BCUT2D eigenvalue weighted by Gasteiger charge is -2.21. The van der Waals surface area contributed by atoms with Crippen molar-refractivity contribution in [2.24, 2.45) is 5.92 Å². The van der Waals surface area contributed by atoms with Crippen LogP contribution < -0.4 is 4.74 Å². The van der Waals surface area contributed by atoms with Crippen molar-refractivity contribution in [1.82, 2.24) is 0 Å². The standard InChI is InChI=1S/C15H19IO4/c1-5-20-15(18)14(17)13(9(2)3)11-7-6-10(16)8-12(11)19-4/h6-9,13H,5H2,1-4H3. The van der Waals surface area contributed by atoms with Gasteiger partial charge in [-0.05, 0) is 47.6 Å². The summed E-state index contributed by atoms with van der Waals surface area (Å²) in [6, 6.07) is 5.58. The lowest BCUT2D eigenvalue weighted by molar-refractivity contribution is -0.154. The quantitative estimate of drug-likeness (QED) is 0.426. The van der Waals surface area contributed by atoms with E-state index < -0.39 is 17.7 Å². The maximum Gasteiger partial charge on any atom is 0.375 e. The number of carbonyl (C=O) groups excluding carboxylic acids is 2. The highest BCUT2D eigenvalue weighted by atomic mass is 127. The van der Waals surface area contributed by atoms with Gasteiger partial charge < -0.3 is 9.47 Å². The van der Waals surface area contributed by atoms with Crippen LogP contribution in [0.25, 0.3) is 0 Å². The molecule has 20 heavy (non-hydrogen) atoms. The number of benzene rings is 1. The van der Waals surface area contributed by atoms with E-state index in [4.69, 9.17) is 9.47 Å². The van der Waals surface area contributed by atoms with Crippen molar-refractivity contribution in [1.29, 1.82) is 0 Å². The molecule has 0 bridgehead atoms. The van der Waals surface area contributed by atoms with Gasteiger partial charge in [-0.2, -0.15) is 0 Å². The summed E-state index contributed by atoms with van der Waals surface area (Å²) in [6.45, 7) is 5.68. The summed E-state index contributed by atoms with van der Waals surface area (Å²) in [4.78, 5) is 24.0. The normalized spacial score (nSPS) is 12.1. The Morgan fingerprint density at radius 3 is 2.45 bits per heavy atom. The molecule has 0 spiro atoms. The molecule has 0 N–H and O–H groups in total. The molecule has 1 unspecified atom stereocenters. The molecule has 0 saturated heterocycles. The van der Waals surface area contributed by atoms with Crippen LogP contribution in [0.5, 0.6) is 5.75 Å². The van der Waals surface area contributed by atoms with Gasteiger partial charge in [-0.1, -0.05) is 19.9 Å². The molecule has 0 aliphatic rings. The summed E-state index contributed by atoms with van der Waals surface area (Å²) >= 11 is 2.17. The lowest BCUT2D eigenvalue weighted by Crippen LogP contribution is -2.28. The molecule has 0 aliphatic heterocycles. The van der Waals surface area contributed by atoms with Gasteiger partial charge in [0.1, 0.15) is 5.75 Å². The zero-order chi connectivity index (χ0) is 15.3. The number of esters is 1. The first kappa shape index (κ1) is 16.9. The molecule has 0 radical (unpaired) electrons. The number of halogens is 1. The predicted molar refractivity (Wildman–Crippen MR) is 84.9 cm³/mol. The Morgan fingerprint density at radius 2 is 1.95 bits per heavy atom. The average molecular weight is 390 g/mol. The largest absolute Gasteiger partial charge is 0.496 e. The van der Waals surface area contributed by atoms with Gasteiger partial charge in [0.2, 0.25) is 5.78 Å². The molecule has 0 heterocycles. The van der Waals surface area contributed by atoms with Crippen molar-refractivity contribution in [2.45, 2.75) is 26.7 Å². The molecule has 1 atom stereocenters. The van der Waals surface area contributed by atoms with E-state index in [1.807, 2.05) is 32.0 Å². The average Bonchev–Trinajstić information content (AvgIpc) is 2.40. The fourth-order valence-electron chi connectivity index (χ4n) is 2.07. The van der Waals surface area contributed by atoms with Gasteiger partial charge in [-0.25, -0.2) is 4.79 Å². The number of ketones is 1. The van der Waals surface area contributed by atoms with Gasteiger partial charge in [-0.15, -0.1) is 0 Å². The first-order chi connectivity index (χ1) is 9.42. The summed E-state index contributed by atoms with van der Waals surface area (Å²) in [5.74, 6) is -1.27. The van der Waals surface area contributed by atoms with E-state index in [2.05, 4.69) is 22.6 Å². The minimum absolute atomic E-state index is 0.0270. The molecule has 5 heteroatoms. The highest BCUT2D eigenvalue weighted by Gasteiger charge is 2.32. The van der Waals surface area contributed by atoms with E-state index in [1.165, 1.54) is 0 Å². The Labute approximate surface area is 133 Å². The van der Waals surface area contributed by atoms with Crippen LogP contribution in [0.3, 0.4) is 0 Å². The fraction of sp³-hybridized carbons (Fsp3) is 0.467. The van der Waals surface area contributed by atoms with Gasteiger partial charge in [0.25, 0.3) is 0 Å². The molecule has 0 aromatic heterocycles. The fourth-order valence-corrected chi connectivity index (χ4v) is 2.54. The Hall–Kier alpha value is -1.11. The van der Waals surface area contributed by atoms with E-state index in [1.54, 1.807) is 14.0 Å². The molecule has 0 saturated carbocycles. The van der Waals surface area contributed by atoms with E-state index in [9.17, 15) is 9.59 Å². The molecule has 0 fully saturated rings. The van der Waals surface area contributed by atoms with Gasteiger partial charge >= 0.3 is 5.97 Å². The molecular weight excluding hydrogens is 371 g/mol. The number of hydrogen-bond donors (Lipinski definition) is 0. The SMILES string of the molecule is CCOC(=O)C(=O)C(c1ccc(I)cc1OC)C(C)C. The van der Waals surface area contributed by atoms with Crippen LogP contribution >= 0.6 is 22.6 Å². The predicted octanol–water partition coefficient (Wildman–Crippen LogP) is 3.17. The second-order valence-electron chi connectivity index (χ2n) is 4.69. The zero-order valence-corrected chi connectivity index (χ0v) is 14.3. The highest BCUT2D eigenvalue weighted by Crippen LogP contribution is 2.34. The van der Waals surface area contributed by atoms with Crippen molar-refractivity contribution in [3.05, 3.63) is 27.3 Å². The lowest BCUT2D eigenvalue weighted by atomic mass is 9.84. The van der Waals surface area contributed by atoms with Crippen molar-refractivity contribution >= 4 is 34.3 Å². The third-order valence-electron chi connectivity index (χ3n) is 2.96. The van der Waals surface area contributed by atoms with Crippen molar-refractivity contribution in [3.8, 4) is 5.75 Å². The third-order valence-corrected chi connectivity index (χ3v) is 3.63. The van der Waals surface area contributed by atoms with E-state index in [0.717, 1.165) is 9.13 Å². The molecule has 4 nitrogen and oxygen atoms in total. The van der Waals surface area contributed by atoms with Crippen LogP contribution in [0.1, 0.15) is 32.3 Å². The zero-order valence-electron chi connectivity index (χ0n) is 12.1. The Balaban J connectivity index is 3.21. The summed E-state index contributed by atoms with van der Waals surface area (Å²) in [5.41, 5.74) is 0.723. The van der Waals surface area contributed by atoms with Gasteiger partial charge in [0.15, 0.2) is 0 Å². The van der Waals surface area contributed by atoms with Crippen LogP contribution in [0.2, 0.25) is 0 Å². The Bertz CT molecular complexity index is 497. The monoisotopic (exact) mass is 390 g/mol. The summed E-state index contributed by atoms with van der Waals surface area (Å²) in [6.07, 6.45) is 0. The second kappa shape index (κ2) is 7.61. The van der Waals surface area contributed by atoms with Crippen LogP contribution in [-0.4, -0.2) is 25.5 Å². The molecule has 1 aromatic carbocycles. The number of methoxy groups -OCH3 is 1. The number of hydrogen-bond acceptors (Lipinski definition) is 4. The highest BCUT2D eigenvalue weighted by molar-refractivity contribution is 14.1. The second-order valence-corrected chi connectivity index (χ2v) is 5.94. The number of ether oxygens (including phenoxy) is 2. The maximum absolute atomic E-state index is 12.3. The number of carbonyl (C=O) groups is 2. The summed E-state index contributed by atoms with van der Waals surface area (Å²) < 4.78 is 11.2. The number of Topliss-reactive ketones (excluding diaryl/α,β-unsaturated/α-hetero) is 1. The molecule has 0 aliphatic carbocycles. The maximum atomic E-state index is 12.3. The first-order valence-corrected chi connectivity index (χ1v) is 7.54. The molecule has 1 aromatic rings. The first-order valence-electron chi connectivity index (χ1n) is 6.46. The van der Waals surface area contributed by atoms with Crippen LogP contribution in [0.15, 0.2) is 18.2 Å². The van der Waals surface area contributed by atoms with Crippen LogP contribution in [0.4, 0.5) is 0 Å². The third kappa shape index (κ3) is 3.94. The van der Waals surface area contributed by atoms with Gasteiger partial charge in [-0.3, -0.25) is 4.79 Å². The van der Waals surface area contributed by atoms with E-state index in [-0.39, 0.29) is 12.5 Å². The van der Waals surface area contributed by atoms with Crippen LogP contribution in [-0.2, 0) is 14.3 Å². The minimum Gasteiger partial charge on any atom is -0.496 e. The Morgan fingerprint density at radius 1 is 1.30 bits per heavy atom. The Kier molecular flexibility index (Phi) is 6.45. The smallest absolute Gasteiger partial charge is 0.375 e. The molecule has 0 amide bonds. The molecular formula is C15H19IO4. The summed E-state index contributed by atoms with van der Waals surface area (Å²) in [5, 5.41) is 0. The molecule has 110 valence electrons. The number of rotatable bonds is 6. The van der Waals surface area contributed by atoms with E-state index >= 15 is 0 Å². The van der Waals surface area contributed by atoms with Gasteiger partial charge in [0.05, 0.1) is 19.6 Å². The topological polar surface area (TPSA) is 52.6 Å². The summed E-state index contributed by atoms with van der Waals surface area (Å²) in [7, 11) is 1.56. The van der Waals surface area contributed by atoms with Crippen molar-refractivity contribution in [3.63, 3.8) is 0 Å². The minimum atomic E-state index is -0.785. The van der Waals surface area contributed by atoms with Crippen molar-refractivity contribution < 1.29 is 19.1 Å². The van der Waals surface area contributed by atoms with Crippen molar-refractivity contribution in [2.75, 3.05) is 13.7 Å².